The maximum absolute atomic E-state index is 13.8. The van der Waals surface area contributed by atoms with Gasteiger partial charge in [-0.3, -0.25) is 9.20 Å². The molecule has 0 bridgehead atoms. The van der Waals surface area contributed by atoms with Gasteiger partial charge in [0.2, 0.25) is 0 Å². The van der Waals surface area contributed by atoms with Crippen molar-refractivity contribution in [2.24, 2.45) is 0 Å². The lowest BCUT2D eigenvalue weighted by molar-refractivity contribution is -0.136. The highest BCUT2D eigenvalue weighted by Gasteiger charge is 2.37. The van der Waals surface area contributed by atoms with Gasteiger partial charge in [-0.05, 0) is 25.0 Å². The number of aromatic nitrogens is 2. The summed E-state index contributed by atoms with van der Waals surface area (Å²) < 4.78 is 47.4. The van der Waals surface area contributed by atoms with Crippen LogP contribution in [0, 0.1) is 0 Å². The number of likely N-dealkylation sites (tertiary alicyclic amines) is 1. The van der Waals surface area contributed by atoms with Crippen molar-refractivity contribution in [3.8, 4) is 11.1 Å². The summed E-state index contributed by atoms with van der Waals surface area (Å²) in [6.45, 7) is 0.642. The maximum Gasteiger partial charge on any atom is 0.420 e. The van der Waals surface area contributed by atoms with Gasteiger partial charge in [-0.1, -0.05) is 11.6 Å². The lowest BCUT2D eigenvalue weighted by Gasteiger charge is -2.36. The van der Waals surface area contributed by atoms with E-state index in [0.29, 0.717) is 31.5 Å². The molecule has 4 heterocycles. The van der Waals surface area contributed by atoms with E-state index in [0.717, 1.165) is 10.5 Å². The van der Waals surface area contributed by atoms with Gasteiger partial charge in [0.25, 0.3) is 5.91 Å². The van der Waals surface area contributed by atoms with Crippen LogP contribution in [-0.2, 0) is 6.18 Å². The van der Waals surface area contributed by atoms with E-state index in [1.54, 1.807) is 11.9 Å². The Morgan fingerprint density at radius 2 is 1.97 bits per heavy atom. The number of carbonyl (C=O) groups is 2. The van der Waals surface area contributed by atoms with Crippen LogP contribution in [0.25, 0.3) is 16.8 Å². The number of halogens is 4. The first kappa shape index (κ1) is 23.0. The number of nitrogens with zero attached hydrogens (tertiary/aromatic N) is 4. The van der Waals surface area contributed by atoms with Crippen molar-refractivity contribution in [3.63, 3.8) is 0 Å². The predicted molar refractivity (Wildman–Crippen MR) is 114 cm³/mol. The first-order valence-electron chi connectivity index (χ1n) is 10.2. The second-order valence-corrected chi connectivity index (χ2v) is 8.14. The molecule has 3 aromatic heterocycles. The van der Waals surface area contributed by atoms with Crippen LogP contribution in [0.2, 0.25) is 5.15 Å². The molecule has 12 heteroatoms. The number of urea groups is 1. The fourth-order valence-corrected chi connectivity index (χ4v) is 4.25. The molecule has 4 rings (SSSR count). The molecule has 1 aliphatic heterocycles. The summed E-state index contributed by atoms with van der Waals surface area (Å²) in [5, 5.41) is 2.36. The van der Waals surface area contributed by atoms with Gasteiger partial charge < -0.3 is 19.5 Å². The molecule has 0 unspecified atom stereocenters. The monoisotopic (exact) mass is 483 g/mol. The Labute approximate surface area is 191 Å². The maximum atomic E-state index is 13.8. The van der Waals surface area contributed by atoms with Crippen molar-refractivity contribution in [1.29, 1.82) is 0 Å². The van der Waals surface area contributed by atoms with E-state index in [1.165, 1.54) is 36.7 Å². The molecule has 1 fully saturated rings. The first-order valence-corrected chi connectivity index (χ1v) is 10.5. The first-order chi connectivity index (χ1) is 15.6. The van der Waals surface area contributed by atoms with E-state index < -0.39 is 23.3 Å². The number of piperidine rings is 1. The zero-order valence-electron chi connectivity index (χ0n) is 17.8. The van der Waals surface area contributed by atoms with E-state index >= 15 is 0 Å². The van der Waals surface area contributed by atoms with Crippen LogP contribution >= 0.6 is 11.6 Å². The van der Waals surface area contributed by atoms with Crippen LogP contribution in [0.3, 0.4) is 0 Å². The summed E-state index contributed by atoms with van der Waals surface area (Å²) in [6.07, 6.45) is 0.406. The number of amides is 3. The number of rotatable bonds is 3. The van der Waals surface area contributed by atoms with Crippen molar-refractivity contribution in [2.75, 3.05) is 27.2 Å². The fourth-order valence-electron chi connectivity index (χ4n) is 4.00. The summed E-state index contributed by atoms with van der Waals surface area (Å²) in [4.78, 5) is 32.0. The standard InChI is InChI=1S/C21H21ClF3N5O3/c1-26-20(32)28(2)14-3-6-29(7-4-14)19(31)16-17(22)30-10-13(12-5-8-33-11-12)9-15(18(30)27-16)21(23,24)25/h5,8-11,14H,3-4,6-7H2,1-2H3,(H,26,32). The molecule has 0 radical (unpaired) electrons. The van der Waals surface area contributed by atoms with Crippen LogP contribution in [-0.4, -0.2) is 64.3 Å². The highest BCUT2D eigenvalue weighted by molar-refractivity contribution is 6.33. The van der Waals surface area contributed by atoms with Gasteiger partial charge in [-0.15, -0.1) is 0 Å². The minimum absolute atomic E-state index is 0.0557. The Hall–Kier alpha value is -3.21. The molecule has 33 heavy (non-hydrogen) atoms. The van der Waals surface area contributed by atoms with Crippen LogP contribution in [0.4, 0.5) is 18.0 Å². The molecule has 0 spiro atoms. The van der Waals surface area contributed by atoms with Crippen LogP contribution in [0.5, 0.6) is 0 Å². The molecule has 3 aromatic rings. The van der Waals surface area contributed by atoms with Crippen LogP contribution in [0.1, 0.15) is 28.9 Å². The number of imidazole rings is 1. The van der Waals surface area contributed by atoms with Crippen molar-refractivity contribution >= 4 is 29.2 Å². The number of hydrogen-bond donors (Lipinski definition) is 1. The number of fused-ring (bicyclic) bond motifs is 1. The smallest absolute Gasteiger partial charge is 0.420 e. The van der Waals surface area contributed by atoms with Gasteiger partial charge in [0.05, 0.1) is 18.1 Å². The Kier molecular flexibility index (Phi) is 6.00. The topological polar surface area (TPSA) is 83.1 Å². The largest absolute Gasteiger partial charge is 0.472 e. The van der Waals surface area contributed by atoms with Crippen molar-refractivity contribution in [1.82, 2.24) is 24.5 Å². The molecule has 1 aliphatic rings. The molecule has 1 saturated heterocycles. The molecular weight excluding hydrogens is 463 g/mol. The Morgan fingerprint density at radius 1 is 1.27 bits per heavy atom. The SMILES string of the molecule is CNC(=O)N(C)C1CCN(C(=O)c2nc3c(C(F)(F)F)cc(-c4ccoc4)cn3c2Cl)CC1. The van der Waals surface area contributed by atoms with E-state index in [2.05, 4.69) is 10.3 Å². The predicted octanol–water partition coefficient (Wildman–Crippen LogP) is 4.14. The normalized spacial score (nSPS) is 15.2. The third-order valence-electron chi connectivity index (χ3n) is 5.86. The summed E-state index contributed by atoms with van der Waals surface area (Å²) in [5.41, 5.74) is -1.04. The number of pyridine rings is 1. The molecule has 0 aromatic carbocycles. The summed E-state index contributed by atoms with van der Waals surface area (Å²) >= 11 is 6.37. The van der Waals surface area contributed by atoms with Gasteiger partial charge in [0.1, 0.15) is 5.15 Å². The molecule has 176 valence electrons. The van der Waals surface area contributed by atoms with Crippen molar-refractivity contribution < 1.29 is 27.2 Å². The second-order valence-electron chi connectivity index (χ2n) is 7.79. The second kappa shape index (κ2) is 8.62. The van der Waals surface area contributed by atoms with Crippen LogP contribution in [0.15, 0.2) is 35.3 Å². The molecule has 0 atom stereocenters. The quantitative estimate of drug-likeness (QED) is 0.607. The molecule has 0 aliphatic carbocycles. The molecule has 8 nitrogen and oxygen atoms in total. The third kappa shape index (κ3) is 4.24. The summed E-state index contributed by atoms with van der Waals surface area (Å²) in [5.74, 6) is -0.553. The molecule has 3 amide bonds. The van der Waals surface area contributed by atoms with E-state index in [1.807, 2.05) is 0 Å². The van der Waals surface area contributed by atoms with Crippen LogP contribution < -0.4 is 5.32 Å². The lowest BCUT2D eigenvalue weighted by atomic mass is 10.0. The third-order valence-corrected chi connectivity index (χ3v) is 6.22. The van der Waals surface area contributed by atoms with Gasteiger partial charge in [-0.25, -0.2) is 9.78 Å². The number of hydrogen-bond acceptors (Lipinski definition) is 4. The fraction of sp³-hybridized carbons (Fsp3) is 0.381. The van der Waals surface area contributed by atoms with Gasteiger partial charge in [0.15, 0.2) is 11.3 Å². The highest BCUT2D eigenvalue weighted by atomic mass is 35.5. The highest BCUT2D eigenvalue weighted by Crippen LogP contribution is 2.37. The van der Waals surface area contributed by atoms with Gasteiger partial charge >= 0.3 is 12.2 Å². The number of alkyl halides is 3. The molecule has 1 N–H and O–H groups in total. The summed E-state index contributed by atoms with van der Waals surface area (Å²) in [6, 6.07) is 2.20. The zero-order chi connectivity index (χ0) is 23.9. The average molecular weight is 484 g/mol. The Morgan fingerprint density at radius 3 is 2.55 bits per heavy atom. The van der Waals surface area contributed by atoms with E-state index in [9.17, 15) is 22.8 Å². The van der Waals surface area contributed by atoms with E-state index in [-0.39, 0.29) is 28.5 Å². The average Bonchev–Trinajstić information content (AvgIpc) is 3.45. The van der Waals surface area contributed by atoms with Gasteiger partial charge in [0, 0.05) is 50.6 Å². The molecule has 0 saturated carbocycles. The zero-order valence-corrected chi connectivity index (χ0v) is 18.6. The Balaban J connectivity index is 1.66. The van der Waals surface area contributed by atoms with Crippen molar-refractivity contribution in [2.45, 2.75) is 25.1 Å². The summed E-state index contributed by atoms with van der Waals surface area (Å²) in [7, 11) is 3.21. The number of carbonyl (C=O) groups excluding carboxylic acids is 2. The van der Waals surface area contributed by atoms with E-state index in [4.69, 9.17) is 16.0 Å². The Bertz CT molecular complexity index is 1180. The minimum Gasteiger partial charge on any atom is -0.472 e. The van der Waals surface area contributed by atoms with Gasteiger partial charge in [-0.2, -0.15) is 13.2 Å². The minimum atomic E-state index is -4.71. The molecular formula is C21H21ClF3N5O3. The van der Waals surface area contributed by atoms with Crippen molar-refractivity contribution in [3.05, 3.63) is 47.3 Å². The number of furan rings is 1. The number of nitrogens with one attached hydrogen (secondary N) is 1. The lowest BCUT2D eigenvalue weighted by Crippen LogP contribution is -2.49.